The molecular weight excluding hydrogens is 348 g/mol. The fourth-order valence-electron chi connectivity index (χ4n) is 3.06. The number of amides is 1. The van der Waals surface area contributed by atoms with Gasteiger partial charge in [-0.05, 0) is 42.7 Å². The molecule has 2 aromatic carbocycles. The molecule has 0 saturated carbocycles. The van der Waals surface area contributed by atoms with Crippen LogP contribution in [0.4, 0.5) is 17.3 Å². The number of rotatable bonds is 3. The Bertz CT molecular complexity index is 972. The van der Waals surface area contributed by atoms with Crippen LogP contribution in [0.5, 0.6) is 0 Å². The predicted molar refractivity (Wildman–Crippen MR) is 103 cm³/mol. The Kier molecular flexibility index (Phi) is 4.31. The SMILES string of the molecule is Cc1ccc(Cl)cc1Nc1ncc(C(=O)N2CCc3ccccc32)cn1. The monoisotopic (exact) mass is 364 g/mol. The molecule has 1 amide bonds. The van der Waals surface area contributed by atoms with E-state index in [9.17, 15) is 4.79 Å². The molecule has 0 fully saturated rings. The van der Waals surface area contributed by atoms with Crippen molar-refractivity contribution in [2.45, 2.75) is 13.3 Å². The summed E-state index contributed by atoms with van der Waals surface area (Å²) in [6, 6.07) is 13.5. The molecule has 0 spiro atoms. The fraction of sp³-hybridized carbons (Fsp3) is 0.150. The molecular formula is C20H17ClN4O. The lowest BCUT2D eigenvalue weighted by atomic mass is 10.2. The first-order valence-corrected chi connectivity index (χ1v) is 8.74. The van der Waals surface area contributed by atoms with Crippen molar-refractivity contribution in [2.75, 3.05) is 16.8 Å². The van der Waals surface area contributed by atoms with Crippen LogP contribution in [-0.2, 0) is 6.42 Å². The normalized spacial score (nSPS) is 12.8. The Morgan fingerprint density at radius 3 is 2.73 bits per heavy atom. The number of fused-ring (bicyclic) bond motifs is 1. The quantitative estimate of drug-likeness (QED) is 0.749. The Labute approximate surface area is 156 Å². The van der Waals surface area contributed by atoms with Gasteiger partial charge in [-0.25, -0.2) is 9.97 Å². The fourth-order valence-corrected chi connectivity index (χ4v) is 3.23. The van der Waals surface area contributed by atoms with Crippen LogP contribution in [0, 0.1) is 6.92 Å². The number of nitrogens with zero attached hydrogens (tertiary/aromatic N) is 3. The van der Waals surface area contributed by atoms with Gasteiger partial charge in [-0.15, -0.1) is 0 Å². The van der Waals surface area contributed by atoms with Gasteiger partial charge in [0.05, 0.1) is 5.56 Å². The third-order valence-electron chi connectivity index (χ3n) is 4.48. The van der Waals surface area contributed by atoms with E-state index in [2.05, 4.69) is 21.4 Å². The van der Waals surface area contributed by atoms with E-state index in [4.69, 9.17) is 11.6 Å². The Hall–Kier alpha value is -2.92. The minimum absolute atomic E-state index is 0.0829. The number of anilines is 3. The largest absolute Gasteiger partial charge is 0.324 e. The molecule has 4 rings (SSSR count). The van der Waals surface area contributed by atoms with Gasteiger partial charge in [0.2, 0.25) is 5.95 Å². The molecule has 26 heavy (non-hydrogen) atoms. The van der Waals surface area contributed by atoms with Crippen molar-refractivity contribution in [1.29, 1.82) is 0 Å². The third-order valence-corrected chi connectivity index (χ3v) is 4.71. The van der Waals surface area contributed by atoms with Crippen LogP contribution in [0.25, 0.3) is 0 Å². The van der Waals surface area contributed by atoms with Gasteiger partial charge in [-0.2, -0.15) is 0 Å². The van der Waals surface area contributed by atoms with Gasteiger partial charge >= 0.3 is 0 Å². The summed E-state index contributed by atoms with van der Waals surface area (Å²) in [4.78, 5) is 23.1. The summed E-state index contributed by atoms with van der Waals surface area (Å²) in [5.41, 5.74) is 4.50. The minimum Gasteiger partial charge on any atom is -0.324 e. The molecule has 1 N–H and O–H groups in total. The maximum absolute atomic E-state index is 12.8. The molecule has 0 radical (unpaired) electrons. The molecule has 0 atom stereocenters. The maximum Gasteiger partial charge on any atom is 0.261 e. The summed E-state index contributed by atoms with van der Waals surface area (Å²) in [5, 5.41) is 3.77. The molecule has 2 heterocycles. The topological polar surface area (TPSA) is 58.1 Å². The first-order valence-electron chi connectivity index (χ1n) is 8.37. The van der Waals surface area contributed by atoms with Crippen LogP contribution in [0.3, 0.4) is 0 Å². The van der Waals surface area contributed by atoms with E-state index in [0.717, 1.165) is 23.4 Å². The summed E-state index contributed by atoms with van der Waals surface area (Å²) in [6.07, 6.45) is 3.98. The second-order valence-electron chi connectivity index (χ2n) is 6.22. The molecule has 1 aliphatic rings. The van der Waals surface area contributed by atoms with Crippen LogP contribution in [0.15, 0.2) is 54.9 Å². The molecule has 0 unspecified atom stereocenters. The van der Waals surface area contributed by atoms with Gasteiger partial charge < -0.3 is 10.2 Å². The standard InChI is InChI=1S/C20H17ClN4O/c1-13-6-7-16(21)10-17(13)24-20-22-11-15(12-23-20)19(26)25-9-8-14-4-2-3-5-18(14)25/h2-7,10-12H,8-9H2,1H3,(H,22,23,24). The lowest BCUT2D eigenvalue weighted by Gasteiger charge is -2.17. The summed E-state index contributed by atoms with van der Waals surface area (Å²) < 4.78 is 0. The van der Waals surface area contributed by atoms with Gasteiger partial charge in [0.1, 0.15) is 0 Å². The number of benzene rings is 2. The van der Waals surface area contributed by atoms with E-state index in [1.54, 1.807) is 17.3 Å². The third kappa shape index (κ3) is 3.13. The lowest BCUT2D eigenvalue weighted by Crippen LogP contribution is -2.29. The van der Waals surface area contributed by atoms with Crippen molar-refractivity contribution in [3.63, 3.8) is 0 Å². The smallest absolute Gasteiger partial charge is 0.261 e. The van der Waals surface area contributed by atoms with Crippen molar-refractivity contribution in [1.82, 2.24) is 9.97 Å². The van der Waals surface area contributed by atoms with Gasteiger partial charge in [0.25, 0.3) is 5.91 Å². The summed E-state index contributed by atoms with van der Waals surface area (Å²) in [7, 11) is 0. The van der Waals surface area contributed by atoms with Crippen LogP contribution in [-0.4, -0.2) is 22.4 Å². The van der Waals surface area contributed by atoms with Gasteiger partial charge in [-0.1, -0.05) is 35.9 Å². The number of aryl methyl sites for hydroxylation is 1. The van der Waals surface area contributed by atoms with Gasteiger partial charge in [0, 0.05) is 35.3 Å². The second-order valence-corrected chi connectivity index (χ2v) is 6.65. The number of hydrogen-bond donors (Lipinski definition) is 1. The molecule has 0 bridgehead atoms. The zero-order chi connectivity index (χ0) is 18.1. The molecule has 0 aliphatic carbocycles. The van der Waals surface area contributed by atoms with E-state index in [1.807, 2.05) is 43.3 Å². The van der Waals surface area contributed by atoms with Crippen LogP contribution >= 0.6 is 11.6 Å². The number of halogens is 1. The second kappa shape index (κ2) is 6.77. The highest BCUT2D eigenvalue weighted by Gasteiger charge is 2.25. The van der Waals surface area contributed by atoms with E-state index < -0.39 is 0 Å². The van der Waals surface area contributed by atoms with Crippen LogP contribution in [0.1, 0.15) is 21.5 Å². The van der Waals surface area contributed by atoms with Crippen molar-refractivity contribution < 1.29 is 4.79 Å². The number of hydrogen-bond acceptors (Lipinski definition) is 4. The van der Waals surface area contributed by atoms with Gasteiger partial charge in [-0.3, -0.25) is 4.79 Å². The van der Waals surface area contributed by atoms with Crippen LogP contribution in [0.2, 0.25) is 5.02 Å². The van der Waals surface area contributed by atoms with Crippen molar-refractivity contribution in [3.05, 3.63) is 76.6 Å². The Morgan fingerprint density at radius 2 is 1.92 bits per heavy atom. The zero-order valence-electron chi connectivity index (χ0n) is 14.2. The molecule has 0 saturated heterocycles. The van der Waals surface area contributed by atoms with Gasteiger partial charge in [0.15, 0.2) is 0 Å². The number of carbonyl (C=O) groups is 1. The first kappa shape index (κ1) is 16.5. The first-order chi connectivity index (χ1) is 12.6. The average molecular weight is 365 g/mol. The van der Waals surface area contributed by atoms with E-state index in [1.165, 1.54) is 5.56 Å². The predicted octanol–water partition coefficient (Wildman–Crippen LogP) is 4.38. The summed E-state index contributed by atoms with van der Waals surface area (Å²) in [6.45, 7) is 2.65. The highest BCUT2D eigenvalue weighted by atomic mass is 35.5. The zero-order valence-corrected chi connectivity index (χ0v) is 15.0. The molecule has 1 aromatic heterocycles. The summed E-state index contributed by atoms with van der Waals surface area (Å²) >= 11 is 6.03. The number of nitrogens with one attached hydrogen (secondary N) is 1. The average Bonchev–Trinajstić information content (AvgIpc) is 3.09. The summed E-state index contributed by atoms with van der Waals surface area (Å²) in [5.74, 6) is 0.342. The molecule has 5 nitrogen and oxygen atoms in total. The minimum atomic E-state index is -0.0829. The highest BCUT2D eigenvalue weighted by Crippen LogP contribution is 2.29. The number of carbonyl (C=O) groups excluding carboxylic acids is 1. The van der Waals surface area contributed by atoms with E-state index in [0.29, 0.717) is 23.1 Å². The maximum atomic E-state index is 12.8. The lowest BCUT2D eigenvalue weighted by molar-refractivity contribution is 0.0988. The molecule has 1 aliphatic heterocycles. The van der Waals surface area contributed by atoms with Crippen molar-refractivity contribution >= 4 is 34.8 Å². The highest BCUT2D eigenvalue weighted by molar-refractivity contribution is 6.30. The Balaban J connectivity index is 1.53. The Morgan fingerprint density at radius 1 is 1.15 bits per heavy atom. The number of para-hydroxylation sites is 1. The van der Waals surface area contributed by atoms with Crippen LogP contribution < -0.4 is 10.2 Å². The van der Waals surface area contributed by atoms with E-state index in [-0.39, 0.29) is 5.91 Å². The number of aromatic nitrogens is 2. The van der Waals surface area contributed by atoms with E-state index >= 15 is 0 Å². The van der Waals surface area contributed by atoms with Crippen molar-refractivity contribution in [2.24, 2.45) is 0 Å². The molecule has 130 valence electrons. The van der Waals surface area contributed by atoms with Crippen molar-refractivity contribution in [3.8, 4) is 0 Å². The molecule has 6 heteroatoms. The molecule has 3 aromatic rings.